The summed E-state index contributed by atoms with van der Waals surface area (Å²) in [5, 5.41) is 2.19. The Morgan fingerprint density at radius 3 is 1.27 bits per heavy atom. The van der Waals surface area contributed by atoms with E-state index in [0.717, 1.165) is 13.0 Å². The molecule has 0 aromatic rings. The molecule has 0 unspecified atom stereocenters. The molecule has 0 aromatic carbocycles. The second-order valence-corrected chi connectivity index (χ2v) is 6.85. The fourth-order valence-corrected chi connectivity index (χ4v) is 2.95. The predicted octanol–water partition coefficient (Wildman–Crippen LogP) is 7.20. The molecule has 132 valence electrons. The van der Waals surface area contributed by atoms with E-state index >= 15 is 0 Å². The number of carbonyl (C=O) groups excluding carboxylic acids is 1. The molecule has 0 spiro atoms. The second kappa shape index (κ2) is 18.8. The lowest BCUT2D eigenvalue weighted by atomic mass is 10.0. The number of hydrogen-bond donors (Lipinski definition) is 1. The fraction of sp³-hybridized carbons (Fsp3) is 0.947. The van der Waals surface area contributed by atoms with Gasteiger partial charge in [-0.15, -0.1) is 0 Å². The normalized spacial score (nSPS) is 10.8. The third-order valence-corrected chi connectivity index (χ3v) is 4.43. The first-order chi connectivity index (χ1) is 10.8. The van der Waals surface area contributed by atoms with Crippen LogP contribution >= 0.6 is 11.6 Å². The zero-order valence-electron chi connectivity index (χ0n) is 14.8. The molecule has 0 aliphatic rings. The maximum Gasteiger partial charge on any atom is 0.313 e. The third-order valence-electron chi connectivity index (χ3n) is 4.29. The first-order valence-corrected chi connectivity index (χ1v) is 10.1. The van der Waals surface area contributed by atoms with Crippen LogP contribution in [0.5, 0.6) is 0 Å². The minimum Gasteiger partial charge on any atom is -0.343 e. The van der Waals surface area contributed by atoms with Gasteiger partial charge in [0.25, 0.3) is 0 Å². The number of hydrogen-bond acceptors (Lipinski definition) is 1. The lowest BCUT2D eigenvalue weighted by Crippen LogP contribution is -2.17. The SMILES string of the molecule is CCCCCCCCCCCCCCCCCCNC(=O)Cl. The van der Waals surface area contributed by atoms with Crippen molar-refractivity contribution in [3.63, 3.8) is 0 Å². The third kappa shape index (κ3) is 19.8. The molecular formula is C19H38ClNO. The molecule has 22 heavy (non-hydrogen) atoms. The Balaban J connectivity index is 2.95. The highest BCUT2D eigenvalue weighted by atomic mass is 35.5. The van der Waals surface area contributed by atoms with Gasteiger partial charge in [-0.3, -0.25) is 4.79 Å². The molecule has 0 heterocycles. The predicted molar refractivity (Wildman–Crippen MR) is 98.8 cm³/mol. The van der Waals surface area contributed by atoms with Crippen molar-refractivity contribution in [1.82, 2.24) is 5.32 Å². The Morgan fingerprint density at radius 1 is 0.636 bits per heavy atom. The summed E-state index contributed by atoms with van der Waals surface area (Å²) in [6, 6.07) is 0. The van der Waals surface area contributed by atoms with Crippen LogP contribution < -0.4 is 5.32 Å². The lowest BCUT2D eigenvalue weighted by Gasteiger charge is -2.03. The highest BCUT2D eigenvalue weighted by molar-refractivity contribution is 6.62. The van der Waals surface area contributed by atoms with Gasteiger partial charge in [-0.2, -0.15) is 0 Å². The van der Waals surface area contributed by atoms with Crippen LogP contribution in [0, 0.1) is 0 Å². The van der Waals surface area contributed by atoms with Crippen molar-refractivity contribution >= 4 is 17.0 Å². The summed E-state index contributed by atoms with van der Waals surface area (Å²) in [6.07, 6.45) is 21.9. The van der Waals surface area contributed by atoms with Crippen molar-refractivity contribution in [2.24, 2.45) is 0 Å². The molecule has 0 aliphatic heterocycles. The maximum absolute atomic E-state index is 10.5. The monoisotopic (exact) mass is 331 g/mol. The van der Waals surface area contributed by atoms with Gasteiger partial charge >= 0.3 is 5.37 Å². The number of unbranched alkanes of at least 4 members (excludes halogenated alkanes) is 15. The van der Waals surface area contributed by atoms with E-state index in [4.69, 9.17) is 11.6 Å². The van der Waals surface area contributed by atoms with Gasteiger partial charge in [0, 0.05) is 6.54 Å². The standard InChI is InChI=1S/C19H38ClNO/c1-2-3-4-5-6-7-8-9-10-11-12-13-14-15-16-17-18-21-19(20)22/h2-18H2,1H3,(H,21,22). The van der Waals surface area contributed by atoms with Crippen LogP contribution in [0.4, 0.5) is 4.79 Å². The van der Waals surface area contributed by atoms with E-state index in [1.165, 1.54) is 96.3 Å². The molecule has 0 aliphatic carbocycles. The minimum absolute atomic E-state index is 0.430. The number of carbonyl (C=O) groups is 1. The topological polar surface area (TPSA) is 29.1 Å². The Morgan fingerprint density at radius 2 is 0.955 bits per heavy atom. The van der Waals surface area contributed by atoms with Crippen LogP contribution in [-0.2, 0) is 0 Å². The van der Waals surface area contributed by atoms with E-state index < -0.39 is 5.37 Å². The Kier molecular flexibility index (Phi) is 18.6. The van der Waals surface area contributed by atoms with Gasteiger partial charge in [0.05, 0.1) is 0 Å². The zero-order chi connectivity index (χ0) is 16.3. The summed E-state index contributed by atoms with van der Waals surface area (Å²) in [7, 11) is 0. The van der Waals surface area contributed by atoms with Gasteiger partial charge in [0.1, 0.15) is 0 Å². The van der Waals surface area contributed by atoms with Crippen molar-refractivity contribution in [3.05, 3.63) is 0 Å². The second-order valence-electron chi connectivity index (χ2n) is 6.50. The quantitative estimate of drug-likeness (QED) is 0.170. The molecule has 3 heteroatoms. The van der Waals surface area contributed by atoms with Crippen LogP contribution in [0.1, 0.15) is 110 Å². The Hall–Kier alpha value is -0.240. The molecular weight excluding hydrogens is 294 g/mol. The average molecular weight is 332 g/mol. The molecule has 1 amide bonds. The van der Waals surface area contributed by atoms with Crippen molar-refractivity contribution in [3.8, 4) is 0 Å². The smallest absolute Gasteiger partial charge is 0.313 e. The first kappa shape index (κ1) is 21.8. The van der Waals surface area contributed by atoms with E-state index in [2.05, 4.69) is 12.2 Å². The van der Waals surface area contributed by atoms with E-state index in [-0.39, 0.29) is 0 Å². The summed E-state index contributed by atoms with van der Waals surface area (Å²) in [5.74, 6) is 0. The molecule has 0 saturated carbocycles. The fourth-order valence-electron chi connectivity index (χ4n) is 2.86. The van der Waals surface area contributed by atoms with Crippen molar-refractivity contribution < 1.29 is 4.79 Å². The van der Waals surface area contributed by atoms with Gasteiger partial charge in [-0.05, 0) is 18.0 Å². The van der Waals surface area contributed by atoms with Crippen LogP contribution in [0.15, 0.2) is 0 Å². The van der Waals surface area contributed by atoms with Crippen molar-refractivity contribution in [2.75, 3.05) is 6.54 Å². The van der Waals surface area contributed by atoms with Crippen LogP contribution in [0.2, 0.25) is 0 Å². The molecule has 0 atom stereocenters. The molecule has 0 saturated heterocycles. The lowest BCUT2D eigenvalue weighted by molar-refractivity contribution is 0.259. The van der Waals surface area contributed by atoms with Gasteiger partial charge in [-0.25, -0.2) is 0 Å². The van der Waals surface area contributed by atoms with E-state index in [9.17, 15) is 4.79 Å². The minimum atomic E-state index is -0.430. The number of amides is 1. The summed E-state index contributed by atoms with van der Waals surface area (Å²) < 4.78 is 0. The molecule has 0 bridgehead atoms. The highest BCUT2D eigenvalue weighted by Crippen LogP contribution is 2.13. The average Bonchev–Trinajstić information content (AvgIpc) is 2.50. The van der Waals surface area contributed by atoms with Gasteiger partial charge < -0.3 is 5.32 Å². The summed E-state index contributed by atoms with van der Waals surface area (Å²) in [4.78, 5) is 10.5. The number of rotatable bonds is 17. The summed E-state index contributed by atoms with van der Waals surface area (Å²) >= 11 is 5.20. The Bertz CT molecular complexity index is 233. The van der Waals surface area contributed by atoms with Crippen molar-refractivity contribution in [1.29, 1.82) is 0 Å². The molecule has 2 nitrogen and oxygen atoms in total. The van der Waals surface area contributed by atoms with Crippen LogP contribution in [0.3, 0.4) is 0 Å². The van der Waals surface area contributed by atoms with E-state index in [1.54, 1.807) is 0 Å². The first-order valence-electron chi connectivity index (χ1n) is 9.70. The molecule has 0 rings (SSSR count). The largest absolute Gasteiger partial charge is 0.343 e. The molecule has 0 fully saturated rings. The van der Waals surface area contributed by atoms with Gasteiger partial charge in [0.2, 0.25) is 0 Å². The molecule has 1 N–H and O–H groups in total. The van der Waals surface area contributed by atoms with Gasteiger partial charge in [-0.1, -0.05) is 103 Å². The Labute approximate surface area is 143 Å². The highest BCUT2D eigenvalue weighted by Gasteiger charge is 1.95. The van der Waals surface area contributed by atoms with Crippen LogP contribution in [-0.4, -0.2) is 11.9 Å². The zero-order valence-corrected chi connectivity index (χ0v) is 15.6. The van der Waals surface area contributed by atoms with Crippen LogP contribution in [0.25, 0.3) is 0 Å². The van der Waals surface area contributed by atoms with E-state index in [0.29, 0.717) is 0 Å². The van der Waals surface area contributed by atoms with Gasteiger partial charge in [0.15, 0.2) is 0 Å². The number of halogens is 1. The molecule has 0 aromatic heterocycles. The number of nitrogens with one attached hydrogen (secondary N) is 1. The maximum atomic E-state index is 10.5. The summed E-state index contributed by atoms with van der Waals surface area (Å²) in [5.41, 5.74) is 0. The molecule has 0 radical (unpaired) electrons. The van der Waals surface area contributed by atoms with Crippen molar-refractivity contribution in [2.45, 2.75) is 110 Å². The van der Waals surface area contributed by atoms with E-state index in [1.807, 2.05) is 0 Å². The summed E-state index contributed by atoms with van der Waals surface area (Å²) in [6.45, 7) is 3.00.